The second-order valence-electron chi connectivity index (χ2n) is 6.28. The number of hydrogen-bond acceptors (Lipinski definition) is 3. The molecule has 132 valence electrons. The summed E-state index contributed by atoms with van der Waals surface area (Å²) in [5, 5.41) is 5.64. The Morgan fingerprint density at radius 3 is 2.40 bits per heavy atom. The number of hydrogen-bond donors (Lipinski definition) is 2. The van der Waals surface area contributed by atoms with Gasteiger partial charge in [-0.15, -0.1) is 0 Å². The quantitative estimate of drug-likeness (QED) is 0.787. The first-order valence-electron chi connectivity index (χ1n) is 8.80. The number of carbonyl (C=O) groups excluding carboxylic acids is 1. The van der Waals surface area contributed by atoms with Gasteiger partial charge in [0.05, 0.1) is 6.54 Å². The van der Waals surface area contributed by atoms with Crippen LogP contribution in [0.15, 0.2) is 48.5 Å². The number of nitrogens with zero attached hydrogens (tertiary/aromatic N) is 1. The average Bonchev–Trinajstić information content (AvgIpc) is 3.15. The van der Waals surface area contributed by atoms with Crippen LogP contribution in [-0.2, 0) is 0 Å². The molecule has 0 bridgehead atoms. The number of amides is 2. The standard InChI is InChI=1S/C20H25N3O2/c1-16-4-10-19(11-5-16)25-15-12-21-20(24)22-17-6-8-18(9-7-17)23-13-2-3-14-23/h4-11H,2-3,12-15H2,1H3,(H2,21,22,24). The van der Waals surface area contributed by atoms with Crippen molar-refractivity contribution < 1.29 is 9.53 Å². The van der Waals surface area contributed by atoms with Gasteiger partial charge in [0.15, 0.2) is 0 Å². The van der Waals surface area contributed by atoms with E-state index in [9.17, 15) is 4.79 Å². The van der Waals surface area contributed by atoms with Crippen molar-refractivity contribution >= 4 is 17.4 Å². The van der Waals surface area contributed by atoms with Crippen LogP contribution in [0.3, 0.4) is 0 Å². The molecule has 3 rings (SSSR count). The number of rotatable bonds is 6. The second-order valence-corrected chi connectivity index (χ2v) is 6.28. The molecule has 0 unspecified atom stereocenters. The zero-order chi connectivity index (χ0) is 17.5. The number of urea groups is 1. The largest absolute Gasteiger partial charge is 0.492 e. The van der Waals surface area contributed by atoms with Crippen LogP contribution in [0.1, 0.15) is 18.4 Å². The summed E-state index contributed by atoms with van der Waals surface area (Å²) in [6.45, 7) is 5.16. The van der Waals surface area contributed by atoms with Crippen molar-refractivity contribution in [3.05, 3.63) is 54.1 Å². The Morgan fingerprint density at radius 2 is 1.72 bits per heavy atom. The minimum absolute atomic E-state index is 0.221. The molecule has 2 aromatic carbocycles. The van der Waals surface area contributed by atoms with Gasteiger partial charge in [0.25, 0.3) is 0 Å². The van der Waals surface area contributed by atoms with E-state index in [1.165, 1.54) is 24.1 Å². The minimum Gasteiger partial charge on any atom is -0.492 e. The molecular weight excluding hydrogens is 314 g/mol. The molecule has 2 amide bonds. The third kappa shape index (κ3) is 5.14. The summed E-state index contributed by atoms with van der Waals surface area (Å²) in [7, 11) is 0. The highest BCUT2D eigenvalue weighted by molar-refractivity contribution is 5.89. The lowest BCUT2D eigenvalue weighted by atomic mass is 10.2. The first-order chi connectivity index (χ1) is 12.2. The van der Waals surface area contributed by atoms with Crippen molar-refractivity contribution in [1.29, 1.82) is 0 Å². The molecule has 5 heteroatoms. The third-order valence-corrected chi connectivity index (χ3v) is 4.27. The maximum atomic E-state index is 11.9. The normalized spacial score (nSPS) is 13.6. The topological polar surface area (TPSA) is 53.6 Å². The van der Waals surface area contributed by atoms with Gasteiger partial charge in [-0.3, -0.25) is 0 Å². The van der Waals surface area contributed by atoms with Crippen molar-refractivity contribution in [3.63, 3.8) is 0 Å². The molecule has 25 heavy (non-hydrogen) atoms. The summed E-state index contributed by atoms with van der Waals surface area (Å²) < 4.78 is 5.59. The fraction of sp³-hybridized carbons (Fsp3) is 0.350. The summed E-state index contributed by atoms with van der Waals surface area (Å²) >= 11 is 0. The molecule has 1 fully saturated rings. The van der Waals surface area contributed by atoms with E-state index in [0.717, 1.165) is 24.5 Å². The predicted octanol–water partition coefficient (Wildman–Crippen LogP) is 3.80. The minimum atomic E-state index is -0.221. The maximum absolute atomic E-state index is 11.9. The molecule has 0 atom stereocenters. The molecule has 0 saturated carbocycles. The van der Waals surface area contributed by atoms with E-state index in [1.54, 1.807) is 0 Å². The zero-order valence-electron chi connectivity index (χ0n) is 14.6. The lowest BCUT2D eigenvalue weighted by Crippen LogP contribution is -2.32. The number of aryl methyl sites for hydroxylation is 1. The molecule has 1 saturated heterocycles. The lowest BCUT2D eigenvalue weighted by molar-refractivity contribution is 0.247. The van der Waals surface area contributed by atoms with Gasteiger partial charge in [0.2, 0.25) is 0 Å². The second kappa shape index (κ2) is 8.42. The molecular formula is C20H25N3O2. The smallest absolute Gasteiger partial charge is 0.319 e. The Hall–Kier alpha value is -2.69. The molecule has 1 aliphatic heterocycles. The van der Waals surface area contributed by atoms with Gasteiger partial charge in [-0.2, -0.15) is 0 Å². The Bertz CT molecular complexity index is 677. The van der Waals surface area contributed by atoms with Crippen LogP contribution in [0.5, 0.6) is 5.75 Å². The van der Waals surface area contributed by atoms with Crippen molar-refractivity contribution in [1.82, 2.24) is 5.32 Å². The highest BCUT2D eigenvalue weighted by atomic mass is 16.5. The van der Waals surface area contributed by atoms with Crippen molar-refractivity contribution in [2.75, 3.05) is 36.5 Å². The Balaban J connectivity index is 1.37. The Morgan fingerprint density at radius 1 is 1.04 bits per heavy atom. The van der Waals surface area contributed by atoms with Gasteiger partial charge < -0.3 is 20.3 Å². The highest BCUT2D eigenvalue weighted by Crippen LogP contribution is 2.21. The van der Waals surface area contributed by atoms with Gasteiger partial charge in [-0.05, 0) is 56.2 Å². The summed E-state index contributed by atoms with van der Waals surface area (Å²) in [6.07, 6.45) is 2.51. The molecule has 2 aromatic rings. The lowest BCUT2D eigenvalue weighted by Gasteiger charge is -2.17. The number of benzene rings is 2. The van der Waals surface area contributed by atoms with E-state index < -0.39 is 0 Å². The van der Waals surface area contributed by atoms with Gasteiger partial charge in [0, 0.05) is 24.5 Å². The predicted molar refractivity (Wildman–Crippen MR) is 102 cm³/mol. The SMILES string of the molecule is Cc1ccc(OCCNC(=O)Nc2ccc(N3CCCC3)cc2)cc1. The summed E-state index contributed by atoms with van der Waals surface area (Å²) in [5.74, 6) is 0.810. The molecule has 0 radical (unpaired) electrons. The molecule has 0 aromatic heterocycles. The average molecular weight is 339 g/mol. The summed E-state index contributed by atoms with van der Waals surface area (Å²) in [5.41, 5.74) is 3.20. The first kappa shape index (κ1) is 17.1. The zero-order valence-corrected chi connectivity index (χ0v) is 14.6. The number of ether oxygens (including phenoxy) is 1. The molecule has 0 spiro atoms. The molecule has 5 nitrogen and oxygen atoms in total. The summed E-state index contributed by atoms with van der Waals surface area (Å²) in [6, 6.07) is 15.6. The van der Waals surface area contributed by atoms with Crippen molar-refractivity contribution in [3.8, 4) is 5.75 Å². The number of nitrogens with one attached hydrogen (secondary N) is 2. The highest BCUT2D eigenvalue weighted by Gasteiger charge is 2.12. The van der Waals surface area contributed by atoms with Crippen LogP contribution in [-0.4, -0.2) is 32.3 Å². The van der Waals surface area contributed by atoms with E-state index in [4.69, 9.17) is 4.74 Å². The Kier molecular flexibility index (Phi) is 5.77. The fourth-order valence-electron chi connectivity index (χ4n) is 2.87. The van der Waals surface area contributed by atoms with Crippen LogP contribution in [0.4, 0.5) is 16.2 Å². The van der Waals surface area contributed by atoms with E-state index in [0.29, 0.717) is 13.2 Å². The van der Waals surface area contributed by atoms with Crippen molar-refractivity contribution in [2.45, 2.75) is 19.8 Å². The summed E-state index contributed by atoms with van der Waals surface area (Å²) in [4.78, 5) is 14.3. The van der Waals surface area contributed by atoms with E-state index in [1.807, 2.05) is 43.3 Å². The molecule has 2 N–H and O–H groups in total. The van der Waals surface area contributed by atoms with Gasteiger partial charge in [0.1, 0.15) is 12.4 Å². The fourth-order valence-corrected chi connectivity index (χ4v) is 2.87. The first-order valence-corrected chi connectivity index (χ1v) is 8.80. The molecule has 1 heterocycles. The van der Waals surface area contributed by atoms with Crippen LogP contribution >= 0.6 is 0 Å². The Labute approximate surface area is 149 Å². The third-order valence-electron chi connectivity index (χ3n) is 4.27. The van der Waals surface area contributed by atoms with E-state index in [2.05, 4.69) is 27.7 Å². The number of carbonyl (C=O) groups is 1. The monoisotopic (exact) mass is 339 g/mol. The molecule has 1 aliphatic rings. The van der Waals surface area contributed by atoms with Crippen LogP contribution < -0.4 is 20.3 Å². The maximum Gasteiger partial charge on any atom is 0.319 e. The van der Waals surface area contributed by atoms with Gasteiger partial charge >= 0.3 is 6.03 Å². The number of anilines is 2. The van der Waals surface area contributed by atoms with E-state index in [-0.39, 0.29) is 6.03 Å². The van der Waals surface area contributed by atoms with Crippen LogP contribution in [0, 0.1) is 6.92 Å². The van der Waals surface area contributed by atoms with Gasteiger partial charge in [-0.1, -0.05) is 17.7 Å². The van der Waals surface area contributed by atoms with Crippen LogP contribution in [0.25, 0.3) is 0 Å². The molecule has 0 aliphatic carbocycles. The van der Waals surface area contributed by atoms with Gasteiger partial charge in [-0.25, -0.2) is 4.79 Å². The van der Waals surface area contributed by atoms with Crippen molar-refractivity contribution in [2.24, 2.45) is 0 Å². The van der Waals surface area contributed by atoms with E-state index >= 15 is 0 Å². The van der Waals surface area contributed by atoms with Crippen LogP contribution in [0.2, 0.25) is 0 Å².